The zero-order chi connectivity index (χ0) is 10.7. The molecule has 1 heterocycles. The molecule has 3 nitrogen and oxygen atoms in total. The minimum atomic E-state index is 0.301. The average molecular weight is 208 g/mol. The average Bonchev–Trinajstić information content (AvgIpc) is 2.72. The predicted molar refractivity (Wildman–Crippen MR) is 57.1 cm³/mol. The van der Waals surface area contributed by atoms with Crippen LogP contribution in [0.3, 0.4) is 0 Å². The second-order valence-corrected chi connectivity index (χ2v) is 3.72. The number of benzene rings is 1. The molecule has 0 saturated heterocycles. The first kappa shape index (κ1) is 10.3. The Kier molecular flexibility index (Phi) is 3.11. The first-order chi connectivity index (χ1) is 7.29. The molecule has 82 valence electrons. The van der Waals surface area contributed by atoms with E-state index in [9.17, 15) is 0 Å². The summed E-state index contributed by atoms with van der Waals surface area (Å²) < 4.78 is 16.2. The van der Waals surface area contributed by atoms with Crippen molar-refractivity contribution < 1.29 is 14.2 Å². The monoisotopic (exact) mass is 208 g/mol. The summed E-state index contributed by atoms with van der Waals surface area (Å²) in [5.74, 6) is 1.64. The highest BCUT2D eigenvalue weighted by atomic mass is 16.7. The quantitative estimate of drug-likeness (QED) is 0.761. The molecule has 1 aromatic carbocycles. The van der Waals surface area contributed by atoms with Crippen LogP contribution in [0.5, 0.6) is 11.5 Å². The van der Waals surface area contributed by atoms with Gasteiger partial charge in [0, 0.05) is 0 Å². The van der Waals surface area contributed by atoms with Gasteiger partial charge in [-0.25, -0.2) is 0 Å². The summed E-state index contributed by atoms with van der Waals surface area (Å²) in [5, 5.41) is 0. The van der Waals surface area contributed by atoms with Crippen molar-refractivity contribution in [2.24, 2.45) is 0 Å². The van der Waals surface area contributed by atoms with Crippen LogP contribution in [-0.4, -0.2) is 12.9 Å². The topological polar surface area (TPSA) is 27.7 Å². The van der Waals surface area contributed by atoms with Gasteiger partial charge in [-0.1, -0.05) is 13.0 Å². The standard InChI is InChI=1S/C12H16O3/c1-3-9(2)13-7-10-4-5-11-12(6-10)15-8-14-11/h4-6,9H,3,7-8H2,1-2H3. The highest BCUT2D eigenvalue weighted by Crippen LogP contribution is 2.32. The maximum atomic E-state index is 5.64. The van der Waals surface area contributed by atoms with Gasteiger partial charge in [0.05, 0.1) is 12.7 Å². The van der Waals surface area contributed by atoms with Crippen LogP contribution in [0, 0.1) is 0 Å². The third-order valence-electron chi connectivity index (χ3n) is 2.55. The SMILES string of the molecule is CCC(C)OCc1ccc2c(c1)OCO2. The molecule has 1 atom stereocenters. The van der Waals surface area contributed by atoms with Gasteiger partial charge in [-0.3, -0.25) is 0 Å². The van der Waals surface area contributed by atoms with E-state index in [4.69, 9.17) is 14.2 Å². The van der Waals surface area contributed by atoms with Crippen molar-refractivity contribution in [1.29, 1.82) is 0 Å². The number of ether oxygens (including phenoxy) is 3. The molecule has 1 aliphatic rings. The molecule has 0 bridgehead atoms. The van der Waals surface area contributed by atoms with Crippen molar-refractivity contribution in [2.45, 2.75) is 33.0 Å². The molecule has 0 N–H and O–H groups in total. The van der Waals surface area contributed by atoms with Gasteiger partial charge < -0.3 is 14.2 Å². The first-order valence-electron chi connectivity index (χ1n) is 5.29. The number of hydrogen-bond donors (Lipinski definition) is 0. The van der Waals surface area contributed by atoms with E-state index in [2.05, 4.69) is 13.8 Å². The Labute approximate surface area is 90.0 Å². The smallest absolute Gasteiger partial charge is 0.231 e. The first-order valence-corrected chi connectivity index (χ1v) is 5.29. The molecule has 15 heavy (non-hydrogen) atoms. The van der Waals surface area contributed by atoms with E-state index < -0.39 is 0 Å². The van der Waals surface area contributed by atoms with E-state index >= 15 is 0 Å². The normalized spacial score (nSPS) is 15.3. The summed E-state index contributed by atoms with van der Waals surface area (Å²) >= 11 is 0. The van der Waals surface area contributed by atoms with Crippen molar-refractivity contribution in [3.05, 3.63) is 23.8 Å². The van der Waals surface area contributed by atoms with E-state index in [1.807, 2.05) is 18.2 Å². The summed E-state index contributed by atoms with van der Waals surface area (Å²) in [7, 11) is 0. The van der Waals surface area contributed by atoms with Gasteiger partial charge in [-0.2, -0.15) is 0 Å². The fourth-order valence-corrected chi connectivity index (χ4v) is 1.39. The Balaban J connectivity index is 1.98. The molecule has 0 radical (unpaired) electrons. The van der Waals surface area contributed by atoms with Crippen LogP contribution in [0.1, 0.15) is 25.8 Å². The number of hydrogen-bond acceptors (Lipinski definition) is 3. The Bertz CT molecular complexity index is 336. The Morgan fingerprint density at radius 2 is 2.13 bits per heavy atom. The lowest BCUT2D eigenvalue weighted by molar-refractivity contribution is 0.0507. The molecule has 0 saturated carbocycles. The van der Waals surface area contributed by atoms with Crippen LogP contribution < -0.4 is 9.47 Å². The molecule has 2 rings (SSSR count). The zero-order valence-electron chi connectivity index (χ0n) is 9.16. The van der Waals surface area contributed by atoms with Crippen molar-refractivity contribution in [1.82, 2.24) is 0 Å². The molecular formula is C12H16O3. The lowest BCUT2D eigenvalue weighted by Crippen LogP contribution is -2.05. The molecule has 0 amide bonds. The number of fused-ring (bicyclic) bond motifs is 1. The Morgan fingerprint density at radius 3 is 2.93 bits per heavy atom. The van der Waals surface area contributed by atoms with E-state index in [0.717, 1.165) is 23.5 Å². The molecule has 0 aromatic heterocycles. The van der Waals surface area contributed by atoms with Crippen LogP contribution in [0.15, 0.2) is 18.2 Å². The Hall–Kier alpha value is -1.22. The molecule has 0 spiro atoms. The van der Waals surface area contributed by atoms with E-state index in [1.165, 1.54) is 0 Å². The van der Waals surface area contributed by atoms with Gasteiger partial charge in [0.25, 0.3) is 0 Å². The maximum Gasteiger partial charge on any atom is 0.231 e. The van der Waals surface area contributed by atoms with Gasteiger partial charge in [0.15, 0.2) is 11.5 Å². The second kappa shape index (κ2) is 4.53. The molecule has 1 unspecified atom stereocenters. The second-order valence-electron chi connectivity index (χ2n) is 3.72. The van der Waals surface area contributed by atoms with E-state index in [0.29, 0.717) is 19.5 Å². The van der Waals surface area contributed by atoms with E-state index in [1.54, 1.807) is 0 Å². The van der Waals surface area contributed by atoms with Crippen molar-refractivity contribution in [2.75, 3.05) is 6.79 Å². The highest BCUT2D eigenvalue weighted by Gasteiger charge is 2.13. The van der Waals surface area contributed by atoms with Gasteiger partial charge in [0.2, 0.25) is 6.79 Å². The molecular weight excluding hydrogens is 192 g/mol. The van der Waals surface area contributed by atoms with E-state index in [-0.39, 0.29) is 0 Å². The predicted octanol–water partition coefficient (Wildman–Crippen LogP) is 2.73. The largest absolute Gasteiger partial charge is 0.454 e. The lowest BCUT2D eigenvalue weighted by atomic mass is 10.2. The summed E-state index contributed by atoms with van der Waals surface area (Å²) in [4.78, 5) is 0. The molecule has 0 aliphatic carbocycles. The fourth-order valence-electron chi connectivity index (χ4n) is 1.39. The van der Waals surface area contributed by atoms with Crippen LogP contribution in [-0.2, 0) is 11.3 Å². The minimum absolute atomic E-state index is 0.301. The summed E-state index contributed by atoms with van der Waals surface area (Å²) in [6, 6.07) is 5.91. The summed E-state index contributed by atoms with van der Waals surface area (Å²) in [6.07, 6.45) is 1.33. The van der Waals surface area contributed by atoms with Crippen LogP contribution in [0.25, 0.3) is 0 Å². The van der Waals surface area contributed by atoms with Crippen molar-refractivity contribution in [3.63, 3.8) is 0 Å². The minimum Gasteiger partial charge on any atom is -0.454 e. The van der Waals surface area contributed by atoms with Gasteiger partial charge in [0.1, 0.15) is 0 Å². The maximum absolute atomic E-state index is 5.64. The Morgan fingerprint density at radius 1 is 1.33 bits per heavy atom. The third kappa shape index (κ3) is 2.42. The van der Waals surface area contributed by atoms with Crippen LogP contribution >= 0.6 is 0 Å². The van der Waals surface area contributed by atoms with Gasteiger partial charge in [-0.15, -0.1) is 0 Å². The zero-order valence-corrected chi connectivity index (χ0v) is 9.16. The molecule has 1 aliphatic heterocycles. The van der Waals surface area contributed by atoms with Gasteiger partial charge >= 0.3 is 0 Å². The summed E-state index contributed by atoms with van der Waals surface area (Å²) in [6.45, 7) is 5.15. The van der Waals surface area contributed by atoms with Crippen molar-refractivity contribution >= 4 is 0 Å². The van der Waals surface area contributed by atoms with Crippen LogP contribution in [0.2, 0.25) is 0 Å². The van der Waals surface area contributed by atoms with Crippen LogP contribution in [0.4, 0.5) is 0 Å². The highest BCUT2D eigenvalue weighted by molar-refractivity contribution is 5.44. The molecule has 3 heteroatoms. The lowest BCUT2D eigenvalue weighted by Gasteiger charge is -2.10. The number of rotatable bonds is 4. The fraction of sp³-hybridized carbons (Fsp3) is 0.500. The van der Waals surface area contributed by atoms with Crippen molar-refractivity contribution in [3.8, 4) is 11.5 Å². The third-order valence-corrected chi connectivity index (χ3v) is 2.55. The molecule has 0 fully saturated rings. The summed E-state index contributed by atoms with van der Waals surface area (Å²) in [5.41, 5.74) is 1.12. The molecule has 1 aromatic rings. The van der Waals surface area contributed by atoms with Gasteiger partial charge in [-0.05, 0) is 31.0 Å².